The Morgan fingerprint density at radius 3 is 2.78 bits per heavy atom. The van der Waals surface area contributed by atoms with Crippen molar-refractivity contribution in [3.05, 3.63) is 23.8 Å². The molecule has 1 heterocycles. The van der Waals surface area contributed by atoms with E-state index < -0.39 is 0 Å². The van der Waals surface area contributed by atoms with E-state index in [1.807, 2.05) is 41.8 Å². The lowest BCUT2D eigenvalue weighted by atomic mass is 10.2. The molecular formula is C13H18N2O2S. The number of nitrogens with zero attached hydrogens (tertiary/aromatic N) is 1. The van der Waals surface area contributed by atoms with Gasteiger partial charge in [-0.05, 0) is 24.6 Å². The maximum absolute atomic E-state index is 12.1. The van der Waals surface area contributed by atoms with Gasteiger partial charge in [0.25, 0.3) is 0 Å². The second kappa shape index (κ2) is 6.00. The van der Waals surface area contributed by atoms with Crippen LogP contribution in [0.3, 0.4) is 0 Å². The minimum atomic E-state index is -0.0440. The molecule has 2 rings (SSSR count). The summed E-state index contributed by atoms with van der Waals surface area (Å²) in [5.41, 5.74) is 1.84. The van der Waals surface area contributed by atoms with E-state index in [9.17, 15) is 4.79 Å². The van der Waals surface area contributed by atoms with E-state index in [1.165, 1.54) is 0 Å². The van der Waals surface area contributed by atoms with Crippen LogP contribution in [0.2, 0.25) is 0 Å². The first kappa shape index (κ1) is 13.1. The number of methoxy groups -OCH3 is 1. The van der Waals surface area contributed by atoms with Crippen molar-refractivity contribution in [2.24, 2.45) is 0 Å². The normalized spacial score (nSPS) is 15.3. The number of thioether (sulfide) groups is 1. The number of carbonyl (C=O) groups is 1. The highest BCUT2D eigenvalue weighted by atomic mass is 32.2. The van der Waals surface area contributed by atoms with Crippen LogP contribution in [-0.2, 0) is 0 Å². The van der Waals surface area contributed by atoms with Gasteiger partial charge in [0, 0.05) is 24.6 Å². The van der Waals surface area contributed by atoms with Crippen LogP contribution in [0.5, 0.6) is 5.75 Å². The Morgan fingerprint density at radius 1 is 1.39 bits per heavy atom. The molecule has 1 aromatic carbocycles. The number of benzene rings is 1. The van der Waals surface area contributed by atoms with Gasteiger partial charge in [0.05, 0.1) is 12.8 Å². The molecule has 1 saturated heterocycles. The zero-order valence-electron chi connectivity index (χ0n) is 10.7. The van der Waals surface area contributed by atoms with Gasteiger partial charge in [-0.15, -0.1) is 0 Å². The van der Waals surface area contributed by atoms with Crippen LogP contribution in [0.4, 0.5) is 10.5 Å². The SMILES string of the molecule is COc1cc(C)ccc1NC(=O)N1CCSCC1. The number of anilines is 1. The zero-order chi connectivity index (χ0) is 13.0. The summed E-state index contributed by atoms with van der Waals surface area (Å²) in [5.74, 6) is 2.73. The summed E-state index contributed by atoms with van der Waals surface area (Å²) >= 11 is 1.89. The lowest BCUT2D eigenvalue weighted by molar-refractivity contribution is 0.217. The van der Waals surface area contributed by atoms with Crippen molar-refractivity contribution >= 4 is 23.5 Å². The summed E-state index contributed by atoms with van der Waals surface area (Å²) in [6.07, 6.45) is 0. The molecule has 0 radical (unpaired) electrons. The predicted octanol–water partition coefficient (Wildman–Crippen LogP) is 2.58. The van der Waals surface area contributed by atoms with Crippen LogP contribution in [0, 0.1) is 6.92 Å². The number of rotatable bonds is 2. The van der Waals surface area contributed by atoms with Gasteiger partial charge in [0.15, 0.2) is 0 Å². The molecule has 0 bridgehead atoms. The molecule has 0 atom stereocenters. The minimum Gasteiger partial charge on any atom is -0.495 e. The lowest BCUT2D eigenvalue weighted by Crippen LogP contribution is -2.40. The Morgan fingerprint density at radius 2 is 2.11 bits per heavy atom. The first-order valence-electron chi connectivity index (χ1n) is 5.99. The van der Waals surface area contributed by atoms with E-state index in [2.05, 4.69) is 5.32 Å². The highest BCUT2D eigenvalue weighted by Gasteiger charge is 2.17. The van der Waals surface area contributed by atoms with E-state index in [1.54, 1.807) is 7.11 Å². The first-order chi connectivity index (χ1) is 8.70. The number of amides is 2. The van der Waals surface area contributed by atoms with Crippen LogP contribution >= 0.6 is 11.8 Å². The topological polar surface area (TPSA) is 41.6 Å². The van der Waals surface area contributed by atoms with Crippen molar-refractivity contribution in [2.75, 3.05) is 37.0 Å². The van der Waals surface area contributed by atoms with E-state index in [-0.39, 0.29) is 6.03 Å². The van der Waals surface area contributed by atoms with E-state index in [0.29, 0.717) is 5.75 Å². The number of nitrogens with one attached hydrogen (secondary N) is 1. The van der Waals surface area contributed by atoms with Crippen LogP contribution in [-0.4, -0.2) is 42.6 Å². The molecular weight excluding hydrogens is 248 g/mol. The fraction of sp³-hybridized carbons (Fsp3) is 0.462. The minimum absolute atomic E-state index is 0.0440. The van der Waals surface area contributed by atoms with Gasteiger partial charge < -0.3 is 15.0 Å². The van der Waals surface area contributed by atoms with Crippen LogP contribution in [0.15, 0.2) is 18.2 Å². The summed E-state index contributed by atoms with van der Waals surface area (Å²) < 4.78 is 5.28. The van der Waals surface area contributed by atoms with Crippen molar-refractivity contribution < 1.29 is 9.53 Å². The summed E-state index contributed by atoms with van der Waals surface area (Å²) in [5, 5.41) is 2.91. The standard InChI is InChI=1S/C13H18N2O2S/c1-10-3-4-11(12(9-10)17-2)14-13(16)15-5-7-18-8-6-15/h3-4,9H,5-8H2,1-2H3,(H,14,16). The Hall–Kier alpha value is -1.36. The fourth-order valence-electron chi connectivity index (χ4n) is 1.86. The quantitative estimate of drug-likeness (QED) is 0.894. The highest BCUT2D eigenvalue weighted by molar-refractivity contribution is 7.99. The summed E-state index contributed by atoms with van der Waals surface area (Å²) in [7, 11) is 1.61. The highest BCUT2D eigenvalue weighted by Crippen LogP contribution is 2.25. The maximum Gasteiger partial charge on any atom is 0.322 e. The third-order valence-corrected chi connectivity index (χ3v) is 3.84. The number of ether oxygens (including phenoxy) is 1. The lowest BCUT2D eigenvalue weighted by Gasteiger charge is -2.26. The molecule has 1 aliphatic heterocycles. The van der Waals surface area contributed by atoms with Gasteiger partial charge in [-0.25, -0.2) is 4.79 Å². The summed E-state index contributed by atoms with van der Waals surface area (Å²) in [6.45, 7) is 3.62. The van der Waals surface area contributed by atoms with Gasteiger partial charge in [-0.1, -0.05) is 6.07 Å². The third-order valence-electron chi connectivity index (χ3n) is 2.90. The second-order valence-electron chi connectivity index (χ2n) is 4.23. The average Bonchev–Trinajstić information content (AvgIpc) is 2.41. The molecule has 18 heavy (non-hydrogen) atoms. The number of urea groups is 1. The summed E-state index contributed by atoms with van der Waals surface area (Å²) in [6, 6.07) is 5.72. The van der Waals surface area contributed by atoms with Crippen molar-refractivity contribution in [1.82, 2.24) is 4.90 Å². The zero-order valence-corrected chi connectivity index (χ0v) is 11.5. The molecule has 1 aromatic rings. The maximum atomic E-state index is 12.1. The fourth-order valence-corrected chi connectivity index (χ4v) is 2.77. The molecule has 0 spiro atoms. The van der Waals surface area contributed by atoms with Crippen molar-refractivity contribution in [2.45, 2.75) is 6.92 Å². The van der Waals surface area contributed by atoms with E-state index >= 15 is 0 Å². The Bertz CT molecular complexity index is 431. The molecule has 1 fully saturated rings. The second-order valence-corrected chi connectivity index (χ2v) is 5.46. The molecule has 1 N–H and O–H groups in total. The van der Waals surface area contributed by atoms with Gasteiger partial charge in [0.2, 0.25) is 0 Å². The molecule has 0 unspecified atom stereocenters. The predicted molar refractivity (Wildman–Crippen MR) is 75.6 cm³/mol. The van der Waals surface area contributed by atoms with Crippen LogP contribution < -0.4 is 10.1 Å². The van der Waals surface area contributed by atoms with Crippen molar-refractivity contribution in [1.29, 1.82) is 0 Å². The molecule has 2 amide bonds. The van der Waals surface area contributed by atoms with Crippen molar-refractivity contribution in [3.8, 4) is 5.75 Å². The first-order valence-corrected chi connectivity index (χ1v) is 7.14. The molecule has 0 aliphatic carbocycles. The van der Waals surface area contributed by atoms with Gasteiger partial charge in [0.1, 0.15) is 5.75 Å². The molecule has 0 aromatic heterocycles. The smallest absolute Gasteiger partial charge is 0.322 e. The monoisotopic (exact) mass is 266 g/mol. The Kier molecular flexibility index (Phi) is 4.36. The Balaban J connectivity index is 2.06. The van der Waals surface area contributed by atoms with E-state index in [4.69, 9.17) is 4.74 Å². The molecule has 4 nitrogen and oxygen atoms in total. The average molecular weight is 266 g/mol. The molecule has 5 heteroatoms. The van der Waals surface area contributed by atoms with Crippen LogP contribution in [0.25, 0.3) is 0 Å². The van der Waals surface area contributed by atoms with E-state index in [0.717, 1.165) is 35.8 Å². The third kappa shape index (κ3) is 3.10. The summed E-state index contributed by atoms with van der Waals surface area (Å²) in [4.78, 5) is 13.9. The molecule has 98 valence electrons. The largest absolute Gasteiger partial charge is 0.495 e. The number of hydrogen-bond donors (Lipinski definition) is 1. The number of hydrogen-bond acceptors (Lipinski definition) is 3. The number of aryl methyl sites for hydroxylation is 1. The molecule has 1 aliphatic rings. The Labute approximate surface area is 112 Å². The number of carbonyl (C=O) groups excluding carboxylic acids is 1. The van der Waals surface area contributed by atoms with Crippen molar-refractivity contribution in [3.63, 3.8) is 0 Å². The van der Waals surface area contributed by atoms with Gasteiger partial charge >= 0.3 is 6.03 Å². The van der Waals surface area contributed by atoms with Gasteiger partial charge in [-0.3, -0.25) is 0 Å². The van der Waals surface area contributed by atoms with Gasteiger partial charge in [-0.2, -0.15) is 11.8 Å². The van der Waals surface area contributed by atoms with Crippen LogP contribution in [0.1, 0.15) is 5.56 Å². The molecule has 0 saturated carbocycles.